The normalized spacial score (nSPS) is 17.4. The fourth-order valence-corrected chi connectivity index (χ4v) is 4.04. The SMILES string of the molecule is O=C(Nc1ccccc1)c1ccc(N2CCC(CC(=O)N3CCCC3)CC2)nn1. The minimum Gasteiger partial charge on any atom is -0.355 e. The average molecular weight is 393 g/mol. The van der Waals surface area contributed by atoms with Gasteiger partial charge in [0.15, 0.2) is 11.5 Å². The first-order valence-electron chi connectivity index (χ1n) is 10.4. The number of anilines is 2. The van der Waals surface area contributed by atoms with Crippen molar-refractivity contribution >= 4 is 23.3 Å². The minimum absolute atomic E-state index is 0.269. The van der Waals surface area contributed by atoms with Gasteiger partial charge in [0.2, 0.25) is 5.91 Å². The average Bonchev–Trinajstić information content (AvgIpc) is 3.30. The summed E-state index contributed by atoms with van der Waals surface area (Å²) in [6.45, 7) is 3.58. The van der Waals surface area contributed by atoms with Crippen molar-refractivity contribution in [2.45, 2.75) is 32.1 Å². The monoisotopic (exact) mass is 393 g/mol. The summed E-state index contributed by atoms with van der Waals surface area (Å²) in [5.41, 5.74) is 1.03. The zero-order chi connectivity index (χ0) is 20.1. The van der Waals surface area contributed by atoms with Crippen LogP contribution in [0.2, 0.25) is 0 Å². The number of carbonyl (C=O) groups is 2. The third kappa shape index (κ3) is 4.91. The van der Waals surface area contributed by atoms with Gasteiger partial charge in [-0.25, -0.2) is 0 Å². The number of hydrogen-bond donors (Lipinski definition) is 1. The molecular weight excluding hydrogens is 366 g/mol. The summed E-state index contributed by atoms with van der Waals surface area (Å²) in [6, 6.07) is 12.9. The minimum atomic E-state index is -0.269. The smallest absolute Gasteiger partial charge is 0.276 e. The lowest BCUT2D eigenvalue weighted by Crippen LogP contribution is -2.37. The van der Waals surface area contributed by atoms with E-state index in [1.807, 2.05) is 41.3 Å². The lowest BCUT2D eigenvalue weighted by Gasteiger charge is -2.32. The van der Waals surface area contributed by atoms with E-state index in [9.17, 15) is 9.59 Å². The molecular formula is C22H27N5O2. The number of rotatable bonds is 5. The molecule has 0 atom stereocenters. The number of carbonyl (C=O) groups excluding carboxylic acids is 2. The summed E-state index contributed by atoms with van der Waals surface area (Å²) in [6.07, 6.45) is 4.91. The summed E-state index contributed by atoms with van der Waals surface area (Å²) < 4.78 is 0. The van der Waals surface area contributed by atoms with E-state index in [4.69, 9.17) is 0 Å². The van der Waals surface area contributed by atoms with Gasteiger partial charge in [-0.05, 0) is 55.9 Å². The second kappa shape index (κ2) is 9.03. The highest BCUT2D eigenvalue weighted by Gasteiger charge is 2.26. The number of aromatic nitrogens is 2. The van der Waals surface area contributed by atoms with Crippen LogP contribution in [0.25, 0.3) is 0 Å². The third-order valence-electron chi connectivity index (χ3n) is 5.78. The van der Waals surface area contributed by atoms with Crippen LogP contribution in [-0.4, -0.2) is 53.1 Å². The molecule has 0 bridgehead atoms. The first kappa shape index (κ1) is 19.4. The van der Waals surface area contributed by atoms with Gasteiger partial charge in [0.25, 0.3) is 5.91 Å². The van der Waals surface area contributed by atoms with Crippen LogP contribution < -0.4 is 10.2 Å². The number of likely N-dealkylation sites (tertiary alicyclic amines) is 1. The lowest BCUT2D eigenvalue weighted by atomic mass is 9.93. The Balaban J connectivity index is 1.27. The molecule has 0 radical (unpaired) electrons. The molecule has 1 aromatic carbocycles. The van der Waals surface area contributed by atoms with Crippen LogP contribution in [-0.2, 0) is 4.79 Å². The van der Waals surface area contributed by atoms with Crippen LogP contribution in [0.5, 0.6) is 0 Å². The van der Waals surface area contributed by atoms with E-state index < -0.39 is 0 Å². The zero-order valence-corrected chi connectivity index (χ0v) is 16.6. The predicted molar refractivity (Wildman–Crippen MR) is 112 cm³/mol. The summed E-state index contributed by atoms with van der Waals surface area (Å²) in [4.78, 5) is 28.8. The van der Waals surface area contributed by atoms with Crippen molar-refractivity contribution in [3.8, 4) is 0 Å². The van der Waals surface area contributed by atoms with Gasteiger partial charge in [0, 0.05) is 38.3 Å². The maximum Gasteiger partial charge on any atom is 0.276 e. The number of para-hydroxylation sites is 1. The third-order valence-corrected chi connectivity index (χ3v) is 5.78. The molecule has 29 heavy (non-hydrogen) atoms. The van der Waals surface area contributed by atoms with Crippen molar-refractivity contribution in [1.29, 1.82) is 0 Å². The van der Waals surface area contributed by atoms with E-state index >= 15 is 0 Å². The van der Waals surface area contributed by atoms with E-state index in [-0.39, 0.29) is 5.91 Å². The maximum absolute atomic E-state index is 12.3. The molecule has 1 N–H and O–H groups in total. The number of amides is 2. The quantitative estimate of drug-likeness (QED) is 0.845. The van der Waals surface area contributed by atoms with Crippen LogP contribution in [0.15, 0.2) is 42.5 Å². The molecule has 0 spiro atoms. The highest BCUT2D eigenvalue weighted by Crippen LogP contribution is 2.25. The van der Waals surface area contributed by atoms with Gasteiger partial charge >= 0.3 is 0 Å². The van der Waals surface area contributed by atoms with Crippen molar-refractivity contribution in [1.82, 2.24) is 15.1 Å². The molecule has 2 aromatic rings. The Kier molecular flexibility index (Phi) is 6.03. The molecule has 3 heterocycles. The Bertz CT molecular complexity index is 826. The van der Waals surface area contributed by atoms with Crippen LogP contribution in [0.3, 0.4) is 0 Å². The van der Waals surface area contributed by atoms with E-state index in [0.717, 1.165) is 63.4 Å². The standard InChI is InChI=1S/C22H27N5O2/c28-21(27-12-4-5-13-27)16-17-10-14-26(15-11-17)20-9-8-19(24-25-20)22(29)23-18-6-2-1-3-7-18/h1-3,6-9,17H,4-5,10-16H2,(H,23,29). The number of benzene rings is 1. The van der Waals surface area contributed by atoms with E-state index in [1.165, 1.54) is 0 Å². The summed E-state index contributed by atoms with van der Waals surface area (Å²) in [5, 5.41) is 11.2. The van der Waals surface area contributed by atoms with Crippen molar-refractivity contribution in [2.24, 2.45) is 5.92 Å². The second-order valence-corrected chi connectivity index (χ2v) is 7.82. The fourth-order valence-electron chi connectivity index (χ4n) is 4.04. The molecule has 1 aromatic heterocycles. The van der Waals surface area contributed by atoms with Gasteiger partial charge in [-0.2, -0.15) is 0 Å². The second-order valence-electron chi connectivity index (χ2n) is 7.82. The van der Waals surface area contributed by atoms with Gasteiger partial charge in [-0.1, -0.05) is 18.2 Å². The Morgan fingerprint density at radius 1 is 0.931 bits per heavy atom. The molecule has 2 fully saturated rings. The molecule has 7 nitrogen and oxygen atoms in total. The van der Waals surface area contributed by atoms with Crippen LogP contribution in [0.1, 0.15) is 42.6 Å². The Morgan fingerprint density at radius 2 is 1.66 bits per heavy atom. The topological polar surface area (TPSA) is 78.4 Å². The molecule has 0 saturated carbocycles. The van der Waals surface area contributed by atoms with Gasteiger partial charge in [-0.15, -0.1) is 10.2 Å². The van der Waals surface area contributed by atoms with E-state index in [0.29, 0.717) is 23.9 Å². The predicted octanol–water partition coefficient (Wildman–Crippen LogP) is 2.96. The van der Waals surface area contributed by atoms with E-state index in [1.54, 1.807) is 6.07 Å². The molecule has 0 aliphatic carbocycles. The highest BCUT2D eigenvalue weighted by molar-refractivity contribution is 6.02. The van der Waals surface area contributed by atoms with Crippen molar-refractivity contribution in [3.63, 3.8) is 0 Å². The van der Waals surface area contributed by atoms with Crippen molar-refractivity contribution in [3.05, 3.63) is 48.2 Å². The molecule has 2 amide bonds. The van der Waals surface area contributed by atoms with Crippen molar-refractivity contribution < 1.29 is 9.59 Å². The van der Waals surface area contributed by atoms with Gasteiger partial charge in [0.1, 0.15) is 0 Å². The van der Waals surface area contributed by atoms with Gasteiger partial charge in [-0.3, -0.25) is 9.59 Å². The first-order chi connectivity index (χ1) is 14.2. The van der Waals surface area contributed by atoms with Gasteiger partial charge in [0.05, 0.1) is 0 Å². The van der Waals surface area contributed by atoms with Crippen LogP contribution in [0.4, 0.5) is 11.5 Å². The summed E-state index contributed by atoms with van der Waals surface area (Å²) in [7, 11) is 0. The zero-order valence-electron chi connectivity index (χ0n) is 16.6. The number of piperidine rings is 1. The molecule has 4 rings (SSSR count). The number of nitrogens with one attached hydrogen (secondary N) is 1. The van der Waals surface area contributed by atoms with E-state index in [2.05, 4.69) is 20.4 Å². The molecule has 2 saturated heterocycles. The Morgan fingerprint density at radius 3 is 2.31 bits per heavy atom. The van der Waals surface area contributed by atoms with Crippen molar-refractivity contribution in [2.75, 3.05) is 36.4 Å². The Labute approximate surface area is 171 Å². The molecule has 152 valence electrons. The summed E-state index contributed by atoms with van der Waals surface area (Å²) >= 11 is 0. The summed E-state index contributed by atoms with van der Waals surface area (Å²) in [5.74, 6) is 1.28. The highest BCUT2D eigenvalue weighted by atomic mass is 16.2. The largest absolute Gasteiger partial charge is 0.355 e. The molecule has 2 aliphatic rings. The number of nitrogens with zero attached hydrogens (tertiary/aromatic N) is 4. The number of hydrogen-bond acceptors (Lipinski definition) is 5. The first-order valence-corrected chi connectivity index (χ1v) is 10.4. The van der Waals surface area contributed by atoms with Gasteiger partial charge < -0.3 is 15.1 Å². The maximum atomic E-state index is 12.3. The molecule has 0 unspecified atom stereocenters. The Hall–Kier alpha value is -2.96. The molecule has 7 heteroatoms. The fraction of sp³-hybridized carbons (Fsp3) is 0.455. The van der Waals surface area contributed by atoms with Crippen LogP contribution >= 0.6 is 0 Å². The van der Waals surface area contributed by atoms with Crippen LogP contribution in [0, 0.1) is 5.92 Å². The lowest BCUT2D eigenvalue weighted by molar-refractivity contribution is -0.131. The molecule has 2 aliphatic heterocycles.